The highest BCUT2D eigenvalue weighted by molar-refractivity contribution is 5.77. The second kappa shape index (κ2) is 3.99. The molecule has 0 aliphatic rings. The summed E-state index contributed by atoms with van der Waals surface area (Å²) in [6.07, 6.45) is 3.42. The van der Waals surface area contributed by atoms with Gasteiger partial charge in [0, 0.05) is 19.4 Å². The molecule has 0 saturated carbocycles. The summed E-state index contributed by atoms with van der Waals surface area (Å²) >= 11 is 0. The molecule has 1 N–H and O–H groups in total. The van der Waals surface area contributed by atoms with Gasteiger partial charge < -0.3 is 14.2 Å². The van der Waals surface area contributed by atoms with Gasteiger partial charge in [-0.2, -0.15) is 0 Å². The Morgan fingerprint density at radius 2 is 2.41 bits per heavy atom. The maximum absolute atomic E-state index is 5.10. The SMILES string of the molecule is COCc1cc(-c2nc3ccncc3[nH]2)no1. The lowest BCUT2D eigenvalue weighted by molar-refractivity contribution is 0.156. The van der Waals surface area contributed by atoms with Crippen LogP contribution in [0.2, 0.25) is 0 Å². The highest BCUT2D eigenvalue weighted by Gasteiger charge is 2.10. The summed E-state index contributed by atoms with van der Waals surface area (Å²) in [6.45, 7) is 0.398. The fourth-order valence-electron chi connectivity index (χ4n) is 1.61. The van der Waals surface area contributed by atoms with Crippen LogP contribution in [-0.2, 0) is 11.3 Å². The van der Waals surface area contributed by atoms with E-state index in [1.54, 1.807) is 25.6 Å². The smallest absolute Gasteiger partial charge is 0.163 e. The van der Waals surface area contributed by atoms with Crippen molar-refractivity contribution in [1.29, 1.82) is 0 Å². The molecule has 0 aliphatic heterocycles. The monoisotopic (exact) mass is 230 g/mol. The molecular formula is C11H10N4O2. The number of nitrogens with one attached hydrogen (secondary N) is 1. The Balaban J connectivity index is 2.01. The van der Waals surface area contributed by atoms with Gasteiger partial charge in [0.15, 0.2) is 11.6 Å². The van der Waals surface area contributed by atoms with Gasteiger partial charge in [0.1, 0.15) is 12.3 Å². The van der Waals surface area contributed by atoms with Crippen molar-refractivity contribution in [3.63, 3.8) is 0 Å². The number of fused-ring (bicyclic) bond motifs is 1. The Labute approximate surface area is 96.6 Å². The molecule has 17 heavy (non-hydrogen) atoms. The third-order valence-corrected chi connectivity index (χ3v) is 2.37. The molecule has 3 rings (SSSR count). The van der Waals surface area contributed by atoms with Crippen LogP contribution in [0.3, 0.4) is 0 Å². The molecule has 3 heterocycles. The van der Waals surface area contributed by atoms with Crippen LogP contribution < -0.4 is 0 Å². The van der Waals surface area contributed by atoms with Crippen molar-refractivity contribution in [2.75, 3.05) is 7.11 Å². The van der Waals surface area contributed by atoms with Crippen LogP contribution in [0.1, 0.15) is 5.76 Å². The molecule has 0 bridgehead atoms. The number of aromatic nitrogens is 4. The Bertz CT molecular complexity index is 611. The molecule has 6 nitrogen and oxygen atoms in total. The lowest BCUT2D eigenvalue weighted by Gasteiger charge is -1.87. The molecule has 3 aromatic heterocycles. The Kier molecular flexibility index (Phi) is 2.34. The van der Waals surface area contributed by atoms with Crippen LogP contribution in [0.4, 0.5) is 0 Å². The van der Waals surface area contributed by atoms with E-state index in [1.165, 1.54) is 0 Å². The van der Waals surface area contributed by atoms with Crippen LogP contribution >= 0.6 is 0 Å². The Hall–Kier alpha value is -2.21. The Morgan fingerprint density at radius 3 is 3.24 bits per heavy atom. The van der Waals surface area contributed by atoms with Crippen molar-refractivity contribution in [3.8, 4) is 11.5 Å². The predicted molar refractivity (Wildman–Crippen MR) is 60.1 cm³/mol. The third-order valence-electron chi connectivity index (χ3n) is 2.37. The van der Waals surface area contributed by atoms with E-state index in [2.05, 4.69) is 20.1 Å². The topological polar surface area (TPSA) is 76.8 Å². The number of H-pyrrole nitrogens is 1. The van der Waals surface area contributed by atoms with Gasteiger partial charge in [0.2, 0.25) is 0 Å². The van der Waals surface area contributed by atoms with E-state index in [1.807, 2.05) is 6.07 Å². The number of aromatic amines is 1. The first-order valence-electron chi connectivity index (χ1n) is 5.11. The van der Waals surface area contributed by atoms with Gasteiger partial charge in [0.25, 0.3) is 0 Å². The summed E-state index contributed by atoms with van der Waals surface area (Å²) in [5.74, 6) is 1.33. The maximum Gasteiger partial charge on any atom is 0.163 e. The molecule has 0 amide bonds. The third kappa shape index (κ3) is 1.78. The number of hydrogen-bond donors (Lipinski definition) is 1. The van der Waals surface area contributed by atoms with Gasteiger partial charge in [-0.1, -0.05) is 5.16 Å². The zero-order chi connectivity index (χ0) is 11.7. The van der Waals surface area contributed by atoms with E-state index in [0.717, 1.165) is 11.0 Å². The second-order valence-corrected chi connectivity index (χ2v) is 3.59. The second-order valence-electron chi connectivity index (χ2n) is 3.59. The molecule has 0 aliphatic carbocycles. The quantitative estimate of drug-likeness (QED) is 0.741. The normalized spacial score (nSPS) is 11.1. The molecule has 0 atom stereocenters. The van der Waals surface area contributed by atoms with Gasteiger partial charge in [-0.3, -0.25) is 4.98 Å². The molecule has 0 aromatic carbocycles. The highest BCUT2D eigenvalue weighted by atomic mass is 16.5. The number of methoxy groups -OCH3 is 1. The van der Waals surface area contributed by atoms with Crippen molar-refractivity contribution in [2.24, 2.45) is 0 Å². The summed E-state index contributed by atoms with van der Waals surface area (Å²) in [4.78, 5) is 11.5. The first-order valence-corrected chi connectivity index (χ1v) is 5.11. The zero-order valence-electron chi connectivity index (χ0n) is 9.17. The number of rotatable bonds is 3. The van der Waals surface area contributed by atoms with Gasteiger partial charge in [0.05, 0.1) is 17.2 Å². The van der Waals surface area contributed by atoms with Crippen molar-refractivity contribution in [3.05, 3.63) is 30.3 Å². The van der Waals surface area contributed by atoms with E-state index in [-0.39, 0.29) is 0 Å². The average molecular weight is 230 g/mol. The molecule has 86 valence electrons. The molecule has 3 aromatic rings. The van der Waals surface area contributed by atoms with Crippen molar-refractivity contribution >= 4 is 11.0 Å². The lowest BCUT2D eigenvalue weighted by atomic mass is 10.3. The van der Waals surface area contributed by atoms with Gasteiger partial charge in [-0.25, -0.2) is 4.98 Å². The maximum atomic E-state index is 5.10. The molecule has 0 saturated heterocycles. The average Bonchev–Trinajstić information content (AvgIpc) is 2.94. The molecular weight excluding hydrogens is 220 g/mol. The van der Waals surface area contributed by atoms with E-state index < -0.39 is 0 Å². The van der Waals surface area contributed by atoms with Crippen LogP contribution in [0.15, 0.2) is 29.0 Å². The summed E-state index contributed by atoms with van der Waals surface area (Å²) in [6, 6.07) is 3.64. The van der Waals surface area contributed by atoms with E-state index in [0.29, 0.717) is 23.9 Å². The summed E-state index contributed by atoms with van der Waals surface area (Å²) < 4.78 is 10.1. The number of hydrogen-bond acceptors (Lipinski definition) is 5. The largest absolute Gasteiger partial charge is 0.377 e. The molecule has 0 fully saturated rings. The van der Waals surface area contributed by atoms with Gasteiger partial charge >= 0.3 is 0 Å². The zero-order valence-corrected chi connectivity index (χ0v) is 9.17. The molecule has 6 heteroatoms. The van der Waals surface area contributed by atoms with Crippen molar-refractivity contribution in [1.82, 2.24) is 20.1 Å². The minimum absolute atomic E-state index is 0.398. The fraction of sp³-hybridized carbons (Fsp3) is 0.182. The molecule has 0 spiro atoms. The number of imidazole rings is 1. The van der Waals surface area contributed by atoms with Crippen molar-refractivity contribution in [2.45, 2.75) is 6.61 Å². The summed E-state index contributed by atoms with van der Waals surface area (Å²) in [5, 5.41) is 3.93. The first-order chi connectivity index (χ1) is 8.36. The number of nitrogens with zero attached hydrogens (tertiary/aromatic N) is 3. The number of ether oxygens (including phenoxy) is 1. The summed E-state index contributed by atoms with van der Waals surface area (Å²) in [5.41, 5.74) is 2.39. The first kappa shape index (κ1) is 9.98. The minimum atomic E-state index is 0.398. The number of pyridine rings is 1. The Morgan fingerprint density at radius 1 is 1.47 bits per heavy atom. The lowest BCUT2D eigenvalue weighted by Crippen LogP contribution is -1.82. The highest BCUT2D eigenvalue weighted by Crippen LogP contribution is 2.19. The van der Waals surface area contributed by atoms with Crippen LogP contribution in [0.25, 0.3) is 22.6 Å². The van der Waals surface area contributed by atoms with Crippen LogP contribution in [0.5, 0.6) is 0 Å². The molecule has 0 unspecified atom stereocenters. The van der Waals surface area contributed by atoms with E-state index >= 15 is 0 Å². The van der Waals surface area contributed by atoms with Gasteiger partial charge in [-0.05, 0) is 6.07 Å². The van der Waals surface area contributed by atoms with E-state index in [4.69, 9.17) is 9.26 Å². The van der Waals surface area contributed by atoms with Crippen LogP contribution in [0, 0.1) is 0 Å². The fourth-order valence-corrected chi connectivity index (χ4v) is 1.61. The van der Waals surface area contributed by atoms with Gasteiger partial charge in [-0.15, -0.1) is 0 Å². The van der Waals surface area contributed by atoms with Crippen molar-refractivity contribution < 1.29 is 9.26 Å². The standard InChI is InChI=1S/C11H10N4O2/c1-16-6-7-4-9(15-17-7)11-13-8-2-3-12-5-10(8)14-11/h2-5H,6H2,1H3,(H,13,14). The summed E-state index contributed by atoms with van der Waals surface area (Å²) in [7, 11) is 1.61. The predicted octanol–water partition coefficient (Wildman–Crippen LogP) is 1.76. The van der Waals surface area contributed by atoms with Crippen LogP contribution in [-0.4, -0.2) is 27.2 Å². The van der Waals surface area contributed by atoms with E-state index in [9.17, 15) is 0 Å². The minimum Gasteiger partial charge on any atom is -0.377 e. The molecule has 0 radical (unpaired) electrons.